The Morgan fingerprint density at radius 1 is 1.12 bits per heavy atom. The molecule has 1 saturated heterocycles. The molecule has 0 aromatic heterocycles. The molecular formula is C22H21ClF4N2O4. The van der Waals surface area contributed by atoms with Gasteiger partial charge in [-0.2, -0.15) is 13.2 Å². The smallest absolute Gasteiger partial charge is 0.391 e. The van der Waals surface area contributed by atoms with Gasteiger partial charge < -0.3 is 20.4 Å². The van der Waals surface area contributed by atoms with Crippen LogP contribution in [-0.4, -0.2) is 58.3 Å². The summed E-state index contributed by atoms with van der Waals surface area (Å²) < 4.78 is 55.0. The van der Waals surface area contributed by atoms with E-state index in [1.807, 2.05) is 5.32 Å². The number of nitrogens with zero attached hydrogens (tertiary/aromatic N) is 1. The van der Waals surface area contributed by atoms with E-state index in [-0.39, 0.29) is 30.0 Å². The van der Waals surface area contributed by atoms with Crippen molar-refractivity contribution in [3.8, 4) is 0 Å². The molecule has 3 N–H and O–H groups in total. The van der Waals surface area contributed by atoms with Crippen molar-refractivity contribution in [2.45, 2.75) is 36.8 Å². The minimum atomic E-state index is -5.14. The van der Waals surface area contributed by atoms with Crippen LogP contribution in [0.5, 0.6) is 0 Å². The van der Waals surface area contributed by atoms with Gasteiger partial charge in [-0.05, 0) is 29.3 Å². The van der Waals surface area contributed by atoms with Crippen LogP contribution in [0.2, 0.25) is 5.02 Å². The average Bonchev–Trinajstić information content (AvgIpc) is 3.15. The van der Waals surface area contributed by atoms with Crippen LogP contribution in [0.3, 0.4) is 0 Å². The molecule has 1 heterocycles. The molecule has 1 aliphatic heterocycles. The molecule has 6 nitrogen and oxygen atoms in total. The van der Waals surface area contributed by atoms with Crippen LogP contribution < -0.4 is 5.32 Å². The first-order chi connectivity index (χ1) is 15.4. The number of benzene rings is 2. The highest BCUT2D eigenvalue weighted by Gasteiger charge is 2.55. The maximum Gasteiger partial charge on any atom is 0.423 e. The van der Waals surface area contributed by atoms with E-state index >= 15 is 0 Å². The lowest BCUT2D eigenvalue weighted by Crippen LogP contribution is -2.54. The SMILES string of the molecule is O=C(NCC(O)(c1ccc(Cl)cc1)C(F)(F)F)C1CC(O)CN1C(=O)Cc1ccccc1F. The average molecular weight is 489 g/mol. The van der Waals surface area contributed by atoms with E-state index in [0.717, 1.165) is 17.0 Å². The number of rotatable bonds is 6. The molecule has 0 aliphatic carbocycles. The molecule has 1 aliphatic rings. The first-order valence-electron chi connectivity index (χ1n) is 9.96. The van der Waals surface area contributed by atoms with Crippen molar-refractivity contribution < 1.29 is 37.4 Å². The number of hydrogen-bond acceptors (Lipinski definition) is 4. The number of aliphatic hydroxyl groups excluding tert-OH is 1. The summed E-state index contributed by atoms with van der Waals surface area (Å²) in [6.07, 6.45) is -6.81. The summed E-state index contributed by atoms with van der Waals surface area (Å²) in [4.78, 5) is 26.4. The Bertz CT molecular complexity index is 1020. The first-order valence-corrected chi connectivity index (χ1v) is 10.3. The van der Waals surface area contributed by atoms with Crippen molar-refractivity contribution in [2.24, 2.45) is 0 Å². The molecule has 3 rings (SSSR count). The van der Waals surface area contributed by atoms with Gasteiger partial charge in [0.2, 0.25) is 17.4 Å². The molecule has 11 heteroatoms. The molecule has 2 amide bonds. The van der Waals surface area contributed by atoms with Gasteiger partial charge in [0, 0.05) is 18.0 Å². The Labute approximate surface area is 191 Å². The summed E-state index contributed by atoms with van der Waals surface area (Å²) in [5.74, 6) is -2.27. The fraction of sp³-hybridized carbons (Fsp3) is 0.364. The number of nitrogens with one attached hydrogen (secondary N) is 1. The Morgan fingerprint density at radius 2 is 1.76 bits per heavy atom. The number of amides is 2. The summed E-state index contributed by atoms with van der Waals surface area (Å²) in [6, 6.07) is 8.59. The Kier molecular flexibility index (Phi) is 7.30. The van der Waals surface area contributed by atoms with Crippen molar-refractivity contribution in [3.63, 3.8) is 0 Å². The highest BCUT2D eigenvalue weighted by molar-refractivity contribution is 6.30. The molecule has 2 aromatic carbocycles. The Morgan fingerprint density at radius 3 is 2.36 bits per heavy atom. The monoisotopic (exact) mass is 488 g/mol. The summed E-state index contributed by atoms with van der Waals surface area (Å²) in [5, 5.41) is 22.6. The first kappa shape index (κ1) is 24.9. The van der Waals surface area contributed by atoms with Gasteiger partial charge in [0.05, 0.1) is 19.1 Å². The van der Waals surface area contributed by atoms with Crippen LogP contribution in [0, 0.1) is 5.82 Å². The third-order valence-corrected chi connectivity index (χ3v) is 5.76. The van der Waals surface area contributed by atoms with Crippen LogP contribution in [0.4, 0.5) is 17.6 Å². The minimum absolute atomic E-state index is 0.0808. The number of β-amino-alcohol motifs (C(OH)–C–C–N with tert-alkyl or cyclic N) is 1. The van der Waals surface area contributed by atoms with Gasteiger partial charge in [-0.1, -0.05) is 41.9 Å². The minimum Gasteiger partial charge on any atom is -0.391 e. The second kappa shape index (κ2) is 9.66. The number of likely N-dealkylation sites (tertiary alicyclic amines) is 1. The topological polar surface area (TPSA) is 89.9 Å². The lowest BCUT2D eigenvalue weighted by atomic mass is 9.93. The highest BCUT2D eigenvalue weighted by atomic mass is 35.5. The molecule has 0 radical (unpaired) electrons. The van der Waals surface area contributed by atoms with Gasteiger partial charge in [-0.25, -0.2) is 4.39 Å². The second-order valence-corrected chi connectivity index (χ2v) is 8.24. The van der Waals surface area contributed by atoms with Crippen LogP contribution in [0.25, 0.3) is 0 Å². The predicted octanol–water partition coefficient (Wildman–Crippen LogP) is 2.55. The molecule has 3 atom stereocenters. The lowest BCUT2D eigenvalue weighted by molar-refractivity contribution is -0.264. The van der Waals surface area contributed by atoms with E-state index in [1.165, 1.54) is 36.4 Å². The molecule has 0 spiro atoms. The summed E-state index contributed by atoms with van der Waals surface area (Å²) in [7, 11) is 0. The van der Waals surface area contributed by atoms with Crippen molar-refractivity contribution in [1.82, 2.24) is 10.2 Å². The van der Waals surface area contributed by atoms with E-state index < -0.39 is 53.7 Å². The number of halogens is 5. The normalized spacial score (nSPS) is 20.4. The van der Waals surface area contributed by atoms with Crippen LogP contribution in [0.15, 0.2) is 48.5 Å². The third kappa shape index (κ3) is 5.45. The van der Waals surface area contributed by atoms with E-state index in [1.54, 1.807) is 0 Å². The molecule has 33 heavy (non-hydrogen) atoms. The number of carbonyl (C=O) groups is 2. The van der Waals surface area contributed by atoms with Gasteiger partial charge in [0.15, 0.2) is 0 Å². The lowest BCUT2D eigenvalue weighted by Gasteiger charge is -2.32. The molecule has 0 saturated carbocycles. The number of aliphatic hydroxyl groups is 2. The molecule has 0 bridgehead atoms. The zero-order valence-electron chi connectivity index (χ0n) is 17.1. The quantitative estimate of drug-likeness (QED) is 0.545. The second-order valence-electron chi connectivity index (χ2n) is 7.80. The van der Waals surface area contributed by atoms with Crippen LogP contribution in [-0.2, 0) is 21.6 Å². The van der Waals surface area contributed by atoms with Gasteiger partial charge in [-0.3, -0.25) is 9.59 Å². The Hall–Kier alpha value is -2.69. The number of alkyl halides is 3. The molecular weight excluding hydrogens is 468 g/mol. The van der Waals surface area contributed by atoms with Gasteiger partial charge >= 0.3 is 6.18 Å². The van der Waals surface area contributed by atoms with Gasteiger partial charge in [0.25, 0.3) is 0 Å². The predicted molar refractivity (Wildman–Crippen MR) is 111 cm³/mol. The van der Waals surface area contributed by atoms with Crippen molar-refractivity contribution >= 4 is 23.4 Å². The summed E-state index contributed by atoms with van der Waals surface area (Å²) in [5.41, 5.74) is -3.86. The standard InChI is InChI=1S/C22H21ClF4N2O4/c23-15-7-5-14(6-8-15)21(33,22(25,26)27)12-28-20(32)18-10-16(30)11-29(18)19(31)9-13-3-1-2-4-17(13)24/h1-8,16,18,30,33H,9-12H2,(H,28,32). The number of carbonyl (C=O) groups excluding carboxylic acids is 2. The third-order valence-electron chi connectivity index (χ3n) is 5.51. The van der Waals surface area contributed by atoms with Gasteiger partial charge in [0.1, 0.15) is 11.9 Å². The van der Waals surface area contributed by atoms with Gasteiger partial charge in [-0.15, -0.1) is 0 Å². The van der Waals surface area contributed by atoms with Crippen LogP contribution >= 0.6 is 11.6 Å². The maximum atomic E-state index is 13.9. The molecule has 2 aromatic rings. The molecule has 1 fully saturated rings. The fourth-order valence-electron chi connectivity index (χ4n) is 3.67. The maximum absolute atomic E-state index is 13.9. The molecule has 3 unspecified atom stereocenters. The fourth-order valence-corrected chi connectivity index (χ4v) is 3.79. The van der Waals surface area contributed by atoms with E-state index in [0.29, 0.717) is 0 Å². The van der Waals surface area contributed by atoms with E-state index in [4.69, 9.17) is 11.6 Å². The zero-order chi connectivity index (χ0) is 24.4. The molecule has 178 valence electrons. The highest BCUT2D eigenvalue weighted by Crippen LogP contribution is 2.39. The van der Waals surface area contributed by atoms with Crippen molar-refractivity contribution in [2.75, 3.05) is 13.1 Å². The van der Waals surface area contributed by atoms with Crippen molar-refractivity contribution in [1.29, 1.82) is 0 Å². The summed E-state index contributed by atoms with van der Waals surface area (Å²) >= 11 is 5.70. The zero-order valence-corrected chi connectivity index (χ0v) is 17.9. The van der Waals surface area contributed by atoms with E-state index in [9.17, 15) is 37.4 Å². The van der Waals surface area contributed by atoms with E-state index in [2.05, 4.69) is 0 Å². The number of hydrogen-bond donors (Lipinski definition) is 3. The Balaban J connectivity index is 1.74. The van der Waals surface area contributed by atoms with Crippen LogP contribution in [0.1, 0.15) is 17.5 Å². The largest absolute Gasteiger partial charge is 0.423 e. The van der Waals surface area contributed by atoms with Crippen molar-refractivity contribution in [3.05, 3.63) is 70.5 Å². The summed E-state index contributed by atoms with van der Waals surface area (Å²) in [6.45, 7) is -1.45.